The van der Waals surface area contributed by atoms with Crippen molar-refractivity contribution in [2.75, 3.05) is 13.2 Å². The van der Waals surface area contributed by atoms with Crippen molar-refractivity contribution in [3.8, 4) is 0 Å². The SMILES string of the molecule is CC(c1ccccc1)n1nnc([C@@H](COCc2ccccc2)NC(=O)C(C)(C)N)n1.CC(c1ccccc1)n1nnc([C@@H](COCc2ccccc2)NC(=O)C(C)(C)NC(=O)OC(C)(C)C)n1.Cl. The Morgan fingerprint density at radius 2 is 0.956 bits per heavy atom. The third-order valence-corrected chi connectivity index (χ3v) is 10.1. The van der Waals surface area contributed by atoms with Gasteiger partial charge in [0, 0.05) is 0 Å². The molecule has 18 nitrogen and oxygen atoms in total. The van der Waals surface area contributed by atoms with Gasteiger partial charge in [-0.2, -0.15) is 9.59 Å². The molecule has 3 amide bonds. The Bertz CT molecular complexity index is 2440. The fraction of sp³-hybridized carbons (Fsp3) is 0.408. The van der Waals surface area contributed by atoms with Crippen molar-refractivity contribution in [3.05, 3.63) is 155 Å². The van der Waals surface area contributed by atoms with E-state index in [1.807, 2.05) is 135 Å². The van der Waals surface area contributed by atoms with Crippen LogP contribution in [0.2, 0.25) is 0 Å². The number of hydrogen-bond acceptors (Lipinski definition) is 13. The number of alkyl carbamates (subject to hydrolysis) is 1. The van der Waals surface area contributed by atoms with Crippen molar-refractivity contribution in [1.82, 2.24) is 56.4 Å². The van der Waals surface area contributed by atoms with E-state index in [4.69, 9.17) is 19.9 Å². The lowest BCUT2D eigenvalue weighted by molar-refractivity contribution is -0.128. The molecule has 0 spiro atoms. The first kappa shape index (κ1) is 54.0. The molecule has 5 N–H and O–H groups in total. The monoisotopic (exact) mass is 952 g/mol. The molecule has 0 aliphatic heterocycles. The van der Waals surface area contributed by atoms with Gasteiger partial charge in [-0.1, -0.05) is 121 Å². The predicted molar refractivity (Wildman–Crippen MR) is 259 cm³/mol. The van der Waals surface area contributed by atoms with E-state index < -0.39 is 40.8 Å². The van der Waals surface area contributed by atoms with E-state index >= 15 is 0 Å². The summed E-state index contributed by atoms with van der Waals surface area (Å²) in [7, 11) is 0. The van der Waals surface area contributed by atoms with Gasteiger partial charge >= 0.3 is 6.09 Å². The van der Waals surface area contributed by atoms with Crippen LogP contribution in [-0.2, 0) is 37.0 Å². The number of carbonyl (C=O) groups is 3. The van der Waals surface area contributed by atoms with Crippen LogP contribution in [0.3, 0.4) is 0 Å². The zero-order valence-electron chi connectivity index (χ0n) is 40.2. The Kier molecular flexibility index (Phi) is 19.8. The molecule has 2 unspecified atom stereocenters. The summed E-state index contributed by atoms with van der Waals surface area (Å²) in [4.78, 5) is 41.0. The molecule has 0 saturated heterocycles. The highest BCUT2D eigenvalue weighted by Crippen LogP contribution is 2.20. The van der Waals surface area contributed by atoms with E-state index in [0.717, 1.165) is 22.3 Å². The van der Waals surface area contributed by atoms with Crippen LogP contribution in [0.15, 0.2) is 121 Å². The van der Waals surface area contributed by atoms with Gasteiger partial charge in [0.15, 0.2) is 11.6 Å². The Balaban J connectivity index is 0.000000298. The number of nitrogens with two attached hydrogens (primary N) is 1. The molecule has 19 heteroatoms. The molecule has 0 radical (unpaired) electrons. The number of nitrogens with zero attached hydrogens (tertiary/aromatic N) is 8. The Morgan fingerprint density at radius 1 is 0.588 bits per heavy atom. The number of aromatic nitrogens is 8. The predicted octanol–water partition coefficient (Wildman–Crippen LogP) is 6.78. The Hall–Kier alpha value is -6.60. The normalized spacial score (nSPS) is 13.3. The van der Waals surface area contributed by atoms with Gasteiger partial charge < -0.3 is 35.9 Å². The molecule has 6 aromatic rings. The largest absolute Gasteiger partial charge is 0.444 e. The molecule has 68 heavy (non-hydrogen) atoms. The number of nitrogens with one attached hydrogen (secondary N) is 3. The lowest BCUT2D eigenvalue weighted by Crippen LogP contribution is -2.56. The van der Waals surface area contributed by atoms with Crippen LogP contribution in [0.4, 0.5) is 4.79 Å². The number of ether oxygens (including phenoxy) is 3. The molecule has 0 fully saturated rings. The van der Waals surface area contributed by atoms with Gasteiger partial charge in [-0.25, -0.2) is 4.79 Å². The highest BCUT2D eigenvalue weighted by atomic mass is 35.5. The van der Waals surface area contributed by atoms with Crippen molar-refractivity contribution in [2.45, 2.75) is 116 Å². The average molecular weight is 954 g/mol. The standard InChI is InChI=1S/C27H36N6O4.C22H28N6O2.ClH/c1-19(21-15-11-8-12-16-21)33-31-23(30-32-33)22(18-36-17-20-13-9-7-10-14-20)28-24(34)27(5,6)29-25(35)37-26(2,3)4;1-16(18-12-8-5-9-13-18)28-26-20(25-27-28)19(24-21(29)22(2,3)23)15-30-14-17-10-6-4-7-11-17;/h7-16,19,22H,17-18H2,1-6H3,(H,28,34)(H,29,35);4-13,16,19H,14-15,23H2,1-3H3,(H,24,29);1H/t19?,22-;16?,19-;/m11./s1. The van der Waals surface area contributed by atoms with Crippen LogP contribution in [0.1, 0.15) is 120 Å². The number of hydrogen-bond donors (Lipinski definition) is 4. The highest BCUT2D eigenvalue weighted by molar-refractivity contribution is 5.89. The van der Waals surface area contributed by atoms with Crippen molar-refractivity contribution in [1.29, 1.82) is 0 Å². The molecule has 6 rings (SSSR count). The summed E-state index contributed by atoms with van der Waals surface area (Å²) in [6.45, 7) is 16.8. The van der Waals surface area contributed by atoms with Gasteiger partial charge in [-0.15, -0.1) is 32.8 Å². The second kappa shape index (κ2) is 25.0. The van der Waals surface area contributed by atoms with Crippen molar-refractivity contribution in [3.63, 3.8) is 0 Å². The molecule has 0 saturated carbocycles. The second-order valence-corrected chi connectivity index (χ2v) is 18.1. The van der Waals surface area contributed by atoms with Gasteiger partial charge in [0.2, 0.25) is 11.8 Å². The van der Waals surface area contributed by atoms with E-state index in [-0.39, 0.29) is 43.6 Å². The minimum Gasteiger partial charge on any atom is -0.444 e. The summed E-state index contributed by atoms with van der Waals surface area (Å²) in [5, 5.41) is 34.2. The van der Waals surface area contributed by atoms with Crippen LogP contribution in [0.5, 0.6) is 0 Å². The van der Waals surface area contributed by atoms with Crippen LogP contribution >= 0.6 is 12.4 Å². The number of rotatable bonds is 19. The topological polar surface area (TPSA) is 228 Å². The second-order valence-electron chi connectivity index (χ2n) is 18.1. The number of amides is 3. The Morgan fingerprint density at radius 3 is 1.32 bits per heavy atom. The Labute approximate surface area is 404 Å². The van der Waals surface area contributed by atoms with Crippen molar-refractivity contribution >= 4 is 30.3 Å². The first-order valence-corrected chi connectivity index (χ1v) is 22.1. The third-order valence-electron chi connectivity index (χ3n) is 10.1. The maximum Gasteiger partial charge on any atom is 0.408 e. The fourth-order valence-corrected chi connectivity index (χ4v) is 6.21. The quantitative estimate of drug-likeness (QED) is 0.0658. The summed E-state index contributed by atoms with van der Waals surface area (Å²) >= 11 is 0. The zero-order valence-corrected chi connectivity index (χ0v) is 41.0. The van der Waals surface area contributed by atoms with E-state index in [1.165, 1.54) is 9.59 Å². The van der Waals surface area contributed by atoms with E-state index in [9.17, 15) is 14.4 Å². The maximum absolute atomic E-state index is 13.2. The molecule has 4 atom stereocenters. The summed E-state index contributed by atoms with van der Waals surface area (Å²) < 4.78 is 17.0. The fourth-order valence-electron chi connectivity index (χ4n) is 6.21. The zero-order chi connectivity index (χ0) is 48.6. The molecular weight excluding hydrogens is 888 g/mol. The number of carbonyl (C=O) groups excluding carboxylic acids is 3. The first-order valence-electron chi connectivity index (χ1n) is 22.1. The van der Waals surface area contributed by atoms with Crippen molar-refractivity contribution in [2.24, 2.45) is 5.73 Å². The van der Waals surface area contributed by atoms with Crippen LogP contribution in [0.25, 0.3) is 0 Å². The van der Waals surface area contributed by atoms with Crippen molar-refractivity contribution < 1.29 is 28.6 Å². The number of benzene rings is 4. The van der Waals surface area contributed by atoms with Gasteiger partial charge in [0.05, 0.1) is 44.1 Å². The molecule has 4 aromatic carbocycles. The minimum atomic E-state index is -1.27. The van der Waals surface area contributed by atoms with Crippen LogP contribution in [0, 0.1) is 0 Å². The number of halogens is 1. The molecule has 0 aliphatic carbocycles. The van der Waals surface area contributed by atoms with Crippen LogP contribution in [-0.4, -0.2) is 88.2 Å². The lowest BCUT2D eigenvalue weighted by Gasteiger charge is -2.29. The molecule has 2 heterocycles. The minimum absolute atomic E-state index is 0. The maximum atomic E-state index is 13.2. The third kappa shape index (κ3) is 16.9. The number of tetrazole rings is 2. The van der Waals surface area contributed by atoms with E-state index in [0.29, 0.717) is 24.9 Å². The molecule has 0 bridgehead atoms. The molecule has 0 aliphatic rings. The smallest absolute Gasteiger partial charge is 0.408 e. The van der Waals surface area contributed by atoms with Gasteiger partial charge in [0.1, 0.15) is 23.2 Å². The lowest BCUT2D eigenvalue weighted by atomic mass is 10.0. The summed E-state index contributed by atoms with van der Waals surface area (Å²) in [5.74, 6) is -0.0805. The molecular formula is C49H65ClN12O6. The van der Waals surface area contributed by atoms with E-state index in [2.05, 4.69) is 46.8 Å². The average Bonchev–Trinajstić information content (AvgIpc) is 4.00. The molecule has 2 aromatic heterocycles. The molecule has 364 valence electrons. The van der Waals surface area contributed by atoms with Gasteiger partial charge in [-0.05, 0) is 95.0 Å². The van der Waals surface area contributed by atoms with Gasteiger partial charge in [0.25, 0.3) is 0 Å². The van der Waals surface area contributed by atoms with Gasteiger partial charge in [-0.3, -0.25) is 9.59 Å². The summed E-state index contributed by atoms with van der Waals surface area (Å²) in [5.41, 5.74) is 7.06. The highest BCUT2D eigenvalue weighted by Gasteiger charge is 2.35. The summed E-state index contributed by atoms with van der Waals surface area (Å²) in [6.07, 6.45) is -0.690. The summed E-state index contributed by atoms with van der Waals surface area (Å²) in [6, 6.07) is 37.7. The first-order chi connectivity index (χ1) is 31.8. The van der Waals surface area contributed by atoms with Crippen LogP contribution < -0.4 is 21.7 Å². The van der Waals surface area contributed by atoms with E-state index in [1.54, 1.807) is 48.5 Å².